The maximum atomic E-state index is 11.2. The summed E-state index contributed by atoms with van der Waals surface area (Å²) >= 11 is 0. The van der Waals surface area contributed by atoms with Gasteiger partial charge in [0.25, 0.3) is 5.69 Å². The summed E-state index contributed by atoms with van der Waals surface area (Å²) in [5.74, 6) is 0.203. The predicted molar refractivity (Wildman–Crippen MR) is 64.5 cm³/mol. The van der Waals surface area contributed by atoms with Crippen LogP contribution in [-0.4, -0.2) is 17.7 Å². The van der Waals surface area contributed by atoms with Crippen LogP contribution in [0.25, 0.3) is 0 Å². The van der Waals surface area contributed by atoms with E-state index in [-0.39, 0.29) is 18.0 Å². The van der Waals surface area contributed by atoms with Crippen LogP contribution in [-0.2, 0) is 4.74 Å². The van der Waals surface area contributed by atoms with Crippen molar-refractivity contribution < 1.29 is 19.2 Å². The van der Waals surface area contributed by atoms with E-state index in [1.54, 1.807) is 6.08 Å². The number of nitro benzene ring substituents is 1. The van der Waals surface area contributed by atoms with E-state index in [0.29, 0.717) is 6.42 Å². The minimum absolute atomic E-state index is 0.0679. The average molecular weight is 251 g/mol. The summed E-state index contributed by atoms with van der Waals surface area (Å²) in [5.41, 5.74) is -0.0679. The third kappa shape index (κ3) is 4.65. The molecule has 1 rings (SSSR count). The number of non-ortho nitro benzene ring substituents is 1. The van der Waals surface area contributed by atoms with Crippen molar-refractivity contribution in [2.24, 2.45) is 0 Å². The van der Waals surface area contributed by atoms with Crippen molar-refractivity contribution in [2.45, 2.75) is 12.8 Å². The highest BCUT2D eigenvalue weighted by Gasteiger charge is 2.08. The molecule has 0 aliphatic heterocycles. The van der Waals surface area contributed by atoms with E-state index >= 15 is 0 Å². The number of nitro groups is 1. The highest BCUT2D eigenvalue weighted by Crippen LogP contribution is 2.17. The number of unbranched alkanes of at least 4 members (excludes halogenated alkanes) is 1. The van der Waals surface area contributed by atoms with Gasteiger partial charge in [0.1, 0.15) is 5.75 Å². The van der Waals surface area contributed by atoms with Crippen molar-refractivity contribution >= 4 is 11.8 Å². The molecule has 0 N–H and O–H groups in total. The Kier molecular flexibility index (Phi) is 5.37. The predicted octanol–water partition coefficient (Wildman–Crippen LogP) is 3.08. The molecule has 0 saturated heterocycles. The van der Waals surface area contributed by atoms with Gasteiger partial charge in [-0.15, -0.1) is 6.58 Å². The number of hydrogen-bond donors (Lipinski definition) is 0. The number of benzene rings is 1. The van der Waals surface area contributed by atoms with Gasteiger partial charge < -0.3 is 9.47 Å². The number of carbonyl (C=O) groups excluding carboxylic acids is 1. The van der Waals surface area contributed by atoms with Crippen molar-refractivity contribution in [3.8, 4) is 5.75 Å². The lowest BCUT2D eigenvalue weighted by Crippen LogP contribution is -2.11. The minimum Gasteiger partial charge on any atom is -0.434 e. The molecule has 0 amide bonds. The molecule has 96 valence electrons. The molecule has 0 spiro atoms. The summed E-state index contributed by atoms with van der Waals surface area (Å²) in [6, 6.07) is 5.17. The zero-order valence-corrected chi connectivity index (χ0v) is 9.70. The molecule has 0 aliphatic rings. The molecule has 0 bridgehead atoms. The lowest BCUT2D eigenvalue weighted by molar-refractivity contribution is -0.384. The van der Waals surface area contributed by atoms with E-state index in [0.717, 1.165) is 6.42 Å². The molecule has 0 heterocycles. The number of nitrogens with zero attached hydrogens (tertiary/aromatic N) is 1. The Labute approximate surface area is 104 Å². The van der Waals surface area contributed by atoms with Gasteiger partial charge in [0.05, 0.1) is 11.5 Å². The van der Waals surface area contributed by atoms with Crippen LogP contribution < -0.4 is 4.74 Å². The summed E-state index contributed by atoms with van der Waals surface area (Å²) < 4.78 is 9.60. The fourth-order valence-electron chi connectivity index (χ4n) is 1.14. The summed E-state index contributed by atoms with van der Waals surface area (Å²) in [7, 11) is 0. The van der Waals surface area contributed by atoms with Crippen molar-refractivity contribution in [3.63, 3.8) is 0 Å². The highest BCUT2D eigenvalue weighted by atomic mass is 16.7. The smallest absolute Gasteiger partial charge is 0.434 e. The van der Waals surface area contributed by atoms with Gasteiger partial charge in [-0.1, -0.05) is 6.08 Å². The van der Waals surface area contributed by atoms with Crippen LogP contribution in [0.5, 0.6) is 5.75 Å². The molecular weight excluding hydrogens is 238 g/mol. The standard InChI is InChI=1S/C12H13NO5/c1-2-3-4-9-17-12(14)18-11-7-5-10(6-8-11)13(15)16/h2,5-8H,1,3-4,9H2. The van der Waals surface area contributed by atoms with Crippen LogP contribution in [0, 0.1) is 10.1 Å². The van der Waals surface area contributed by atoms with Gasteiger partial charge >= 0.3 is 6.16 Å². The minimum atomic E-state index is -0.826. The molecule has 18 heavy (non-hydrogen) atoms. The van der Waals surface area contributed by atoms with Crippen molar-refractivity contribution in [3.05, 3.63) is 47.0 Å². The summed E-state index contributed by atoms with van der Waals surface area (Å²) in [6.45, 7) is 3.79. The van der Waals surface area contributed by atoms with Gasteiger partial charge in [0.2, 0.25) is 0 Å². The average Bonchev–Trinajstić information content (AvgIpc) is 2.35. The van der Waals surface area contributed by atoms with E-state index in [2.05, 4.69) is 6.58 Å². The third-order valence-corrected chi connectivity index (χ3v) is 2.02. The van der Waals surface area contributed by atoms with Crippen molar-refractivity contribution in [1.29, 1.82) is 0 Å². The molecule has 0 saturated carbocycles. The second-order valence-corrected chi connectivity index (χ2v) is 3.38. The first kappa shape index (κ1) is 13.7. The van der Waals surface area contributed by atoms with Crippen LogP contribution in [0.15, 0.2) is 36.9 Å². The van der Waals surface area contributed by atoms with E-state index < -0.39 is 11.1 Å². The van der Waals surface area contributed by atoms with Crippen LogP contribution in [0.4, 0.5) is 10.5 Å². The third-order valence-electron chi connectivity index (χ3n) is 2.02. The first-order valence-electron chi connectivity index (χ1n) is 5.33. The molecule has 0 atom stereocenters. The van der Waals surface area contributed by atoms with E-state index in [4.69, 9.17) is 9.47 Å². The van der Waals surface area contributed by atoms with Crippen LogP contribution in [0.3, 0.4) is 0 Å². The number of allylic oxidation sites excluding steroid dienone is 1. The summed E-state index contributed by atoms with van der Waals surface area (Å²) in [6.07, 6.45) is 2.34. The number of hydrogen-bond acceptors (Lipinski definition) is 5. The van der Waals surface area contributed by atoms with Crippen molar-refractivity contribution in [1.82, 2.24) is 0 Å². The first-order valence-corrected chi connectivity index (χ1v) is 5.33. The SMILES string of the molecule is C=CCCCOC(=O)Oc1ccc([N+](=O)[O-])cc1. The quantitative estimate of drug-likeness (QED) is 0.194. The normalized spacial score (nSPS) is 9.56. The van der Waals surface area contributed by atoms with Crippen LogP contribution >= 0.6 is 0 Å². The zero-order chi connectivity index (χ0) is 13.4. The van der Waals surface area contributed by atoms with Gasteiger partial charge in [0.15, 0.2) is 0 Å². The molecular formula is C12H13NO5. The van der Waals surface area contributed by atoms with E-state index in [9.17, 15) is 14.9 Å². The lowest BCUT2D eigenvalue weighted by Gasteiger charge is -2.04. The number of rotatable bonds is 6. The fraction of sp³-hybridized carbons (Fsp3) is 0.250. The van der Waals surface area contributed by atoms with Crippen LogP contribution in [0.2, 0.25) is 0 Å². The molecule has 0 unspecified atom stereocenters. The second kappa shape index (κ2) is 7.05. The van der Waals surface area contributed by atoms with Gasteiger partial charge in [-0.3, -0.25) is 10.1 Å². The summed E-state index contributed by atoms with van der Waals surface area (Å²) in [4.78, 5) is 21.1. The first-order chi connectivity index (χ1) is 8.63. The van der Waals surface area contributed by atoms with Crippen molar-refractivity contribution in [2.75, 3.05) is 6.61 Å². The van der Waals surface area contributed by atoms with Gasteiger partial charge in [0, 0.05) is 12.1 Å². The fourth-order valence-corrected chi connectivity index (χ4v) is 1.14. The Hall–Kier alpha value is -2.37. The maximum absolute atomic E-state index is 11.2. The number of carbonyl (C=O) groups is 1. The molecule has 6 nitrogen and oxygen atoms in total. The molecule has 0 aromatic heterocycles. The Morgan fingerprint density at radius 3 is 2.61 bits per heavy atom. The van der Waals surface area contributed by atoms with Gasteiger partial charge in [-0.2, -0.15) is 0 Å². The Balaban J connectivity index is 2.39. The molecule has 1 aromatic rings. The molecule has 6 heteroatoms. The Bertz CT molecular complexity index is 427. The maximum Gasteiger partial charge on any atom is 0.513 e. The molecule has 0 fully saturated rings. The molecule has 1 aromatic carbocycles. The monoisotopic (exact) mass is 251 g/mol. The number of ether oxygens (including phenoxy) is 2. The van der Waals surface area contributed by atoms with E-state index in [1.807, 2.05) is 0 Å². The largest absolute Gasteiger partial charge is 0.513 e. The van der Waals surface area contributed by atoms with Crippen LogP contribution in [0.1, 0.15) is 12.8 Å². The molecule has 0 aliphatic carbocycles. The zero-order valence-electron chi connectivity index (χ0n) is 9.70. The molecule has 0 radical (unpaired) electrons. The van der Waals surface area contributed by atoms with E-state index in [1.165, 1.54) is 24.3 Å². The van der Waals surface area contributed by atoms with Gasteiger partial charge in [-0.05, 0) is 25.0 Å². The van der Waals surface area contributed by atoms with Gasteiger partial charge in [-0.25, -0.2) is 4.79 Å². The Morgan fingerprint density at radius 1 is 1.39 bits per heavy atom. The summed E-state index contributed by atoms with van der Waals surface area (Å²) in [5, 5.41) is 10.4. The Morgan fingerprint density at radius 2 is 2.06 bits per heavy atom. The second-order valence-electron chi connectivity index (χ2n) is 3.38. The topological polar surface area (TPSA) is 78.7 Å². The highest BCUT2D eigenvalue weighted by molar-refractivity contribution is 5.63. The lowest BCUT2D eigenvalue weighted by atomic mass is 10.3.